The molecular formula is C9H11ClFN. The van der Waals surface area contributed by atoms with Gasteiger partial charge in [-0.05, 0) is 30.7 Å². The van der Waals surface area contributed by atoms with Gasteiger partial charge in [-0.2, -0.15) is 0 Å². The molecule has 0 amide bonds. The van der Waals surface area contributed by atoms with Crippen molar-refractivity contribution in [1.29, 1.82) is 0 Å². The van der Waals surface area contributed by atoms with Crippen LogP contribution in [0.2, 0.25) is 5.02 Å². The Morgan fingerprint density at radius 1 is 1.25 bits per heavy atom. The molecule has 1 nitrogen and oxygen atoms in total. The minimum Gasteiger partial charge on any atom is -0.385 e. The fourth-order valence-electron chi connectivity index (χ4n) is 0.867. The third kappa shape index (κ3) is 3.09. The SMILES string of the molecule is FCCCNc1ccc(Cl)cc1. The van der Waals surface area contributed by atoms with E-state index in [1.165, 1.54) is 0 Å². The second-order valence-corrected chi connectivity index (χ2v) is 2.91. The topological polar surface area (TPSA) is 12.0 Å². The fraction of sp³-hybridized carbons (Fsp3) is 0.333. The third-order valence-electron chi connectivity index (χ3n) is 1.48. The van der Waals surface area contributed by atoms with Crippen LogP contribution in [0, 0.1) is 0 Å². The van der Waals surface area contributed by atoms with Gasteiger partial charge >= 0.3 is 0 Å². The molecule has 0 aliphatic heterocycles. The van der Waals surface area contributed by atoms with E-state index in [0.29, 0.717) is 18.0 Å². The first-order valence-electron chi connectivity index (χ1n) is 3.88. The van der Waals surface area contributed by atoms with E-state index in [-0.39, 0.29) is 6.67 Å². The summed E-state index contributed by atoms with van der Waals surface area (Å²) in [6.45, 7) is 0.388. The van der Waals surface area contributed by atoms with Crippen LogP contribution in [0.1, 0.15) is 6.42 Å². The Balaban J connectivity index is 2.37. The molecule has 1 N–H and O–H groups in total. The summed E-state index contributed by atoms with van der Waals surface area (Å²) in [7, 11) is 0. The van der Waals surface area contributed by atoms with E-state index in [1.807, 2.05) is 12.1 Å². The van der Waals surface area contributed by atoms with Crippen molar-refractivity contribution in [2.24, 2.45) is 0 Å². The van der Waals surface area contributed by atoms with E-state index >= 15 is 0 Å². The molecule has 0 spiro atoms. The molecule has 0 bridgehead atoms. The van der Waals surface area contributed by atoms with Crippen LogP contribution in [0.3, 0.4) is 0 Å². The number of rotatable bonds is 4. The number of hydrogen-bond donors (Lipinski definition) is 1. The molecule has 66 valence electrons. The van der Waals surface area contributed by atoms with Crippen molar-refractivity contribution in [3.63, 3.8) is 0 Å². The Kier molecular flexibility index (Phi) is 3.88. The summed E-state index contributed by atoms with van der Waals surface area (Å²) in [6, 6.07) is 7.36. The standard InChI is InChI=1S/C9H11ClFN/c10-8-2-4-9(5-3-8)12-7-1-6-11/h2-5,12H,1,6-7H2. The maximum absolute atomic E-state index is 11.7. The van der Waals surface area contributed by atoms with E-state index in [1.54, 1.807) is 12.1 Å². The van der Waals surface area contributed by atoms with Crippen molar-refractivity contribution in [2.75, 3.05) is 18.5 Å². The summed E-state index contributed by atoms with van der Waals surface area (Å²) in [6.07, 6.45) is 0.544. The molecule has 0 radical (unpaired) electrons. The lowest BCUT2D eigenvalue weighted by Crippen LogP contribution is -2.01. The van der Waals surface area contributed by atoms with Gasteiger partial charge in [-0.15, -0.1) is 0 Å². The van der Waals surface area contributed by atoms with Crippen LogP contribution >= 0.6 is 11.6 Å². The van der Waals surface area contributed by atoms with Crippen LogP contribution in [-0.4, -0.2) is 13.2 Å². The number of anilines is 1. The highest BCUT2D eigenvalue weighted by Crippen LogP contribution is 2.12. The molecule has 0 aliphatic carbocycles. The molecule has 0 atom stereocenters. The molecule has 0 fully saturated rings. The predicted molar refractivity (Wildman–Crippen MR) is 50.5 cm³/mol. The van der Waals surface area contributed by atoms with E-state index < -0.39 is 0 Å². The number of alkyl halides is 1. The Morgan fingerprint density at radius 3 is 2.50 bits per heavy atom. The van der Waals surface area contributed by atoms with Crippen molar-refractivity contribution in [3.05, 3.63) is 29.3 Å². The highest BCUT2D eigenvalue weighted by Gasteiger charge is 1.90. The molecule has 0 aliphatic rings. The van der Waals surface area contributed by atoms with E-state index in [4.69, 9.17) is 11.6 Å². The first-order valence-corrected chi connectivity index (χ1v) is 4.26. The quantitative estimate of drug-likeness (QED) is 0.715. The average molecular weight is 188 g/mol. The van der Waals surface area contributed by atoms with Gasteiger partial charge in [0.05, 0.1) is 6.67 Å². The monoisotopic (exact) mass is 187 g/mol. The molecule has 1 aromatic rings. The Labute approximate surface area is 76.5 Å². The van der Waals surface area contributed by atoms with Crippen LogP contribution in [0.4, 0.5) is 10.1 Å². The molecule has 0 heterocycles. The maximum atomic E-state index is 11.7. The summed E-state index contributed by atoms with van der Waals surface area (Å²) in [4.78, 5) is 0. The lowest BCUT2D eigenvalue weighted by Gasteiger charge is -2.03. The first-order chi connectivity index (χ1) is 5.83. The number of benzene rings is 1. The second-order valence-electron chi connectivity index (χ2n) is 2.48. The van der Waals surface area contributed by atoms with Crippen molar-refractivity contribution in [2.45, 2.75) is 6.42 Å². The van der Waals surface area contributed by atoms with Crippen molar-refractivity contribution in [1.82, 2.24) is 0 Å². The molecule has 1 rings (SSSR count). The van der Waals surface area contributed by atoms with Crippen molar-refractivity contribution in [3.8, 4) is 0 Å². The van der Waals surface area contributed by atoms with Gasteiger partial charge < -0.3 is 5.32 Å². The van der Waals surface area contributed by atoms with E-state index in [2.05, 4.69) is 5.32 Å². The predicted octanol–water partition coefficient (Wildman–Crippen LogP) is 3.11. The van der Waals surface area contributed by atoms with E-state index in [0.717, 1.165) is 5.69 Å². The zero-order chi connectivity index (χ0) is 8.81. The maximum Gasteiger partial charge on any atom is 0.0911 e. The minimum atomic E-state index is -0.277. The van der Waals surface area contributed by atoms with Crippen molar-refractivity contribution >= 4 is 17.3 Å². The highest BCUT2D eigenvalue weighted by molar-refractivity contribution is 6.30. The Bertz CT molecular complexity index is 222. The molecule has 12 heavy (non-hydrogen) atoms. The molecular weight excluding hydrogens is 177 g/mol. The van der Waals surface area contributed by atoms with Gasteiger partial charge in [0.15, 0.2) is 0 Å². The number of halogens is 2. The molecule has 3 heteroatoms. The number of hydrogen-bond acceptors (Lipinski definition) is 1. The summed E-state index contributed by atoms with van der Waals surface area (Å²) in [5.74, 6) is 0. The summed E-state index contributed by atoms with van der Waals surface area (Å²) in [5.41, 5.74) is 0.979. The van der Waals surface area contributed by atoms with Crippen LogP contribution in [0.25, 0.3) is 0 Å². The van der Waals surface area contributed by atoms with Gasteiger partial charge in [0, 0.05) is 17.3 Å². The zero-order valence-electron chi connectivity index (χ0n) is 6.69. The van der Waals surface area contributed by atoms with Gasteiger partial charge in [0.25, 0.3) is 0 Å². The van der Waals surface area contributed by atoms with Crippen molar-refractivity contribution < 1.29 is 4.39 Å². The third-order valence-corrected chi connectivity index (χ3v) is 1.74. The van der Waals surface area contributed by atoms with Gasteiger partial charge in [0.1, 0.15) is 0 Å². The van der Waals surface area contributed by atoms with E-state index in [9.17, 15) is 4.39 Å². The molecule has 0 saturated carbocycles. The average Bonchev–Trinajstić information content (AvgIpc) is 2.09. The fourth-order valence-corrected chi connectivity index (χ4v) is 0.993. The highest BCUT2D eigenvalue weighted by atomic mass is 35.5. The minimum absolute atomic E-state index is 0.277. The van der Waals surface area contributed by atoms with Gasteiger partial charge in [-0.3, -0.25) is 4.39 Å². The molecule has 0 saturated heterocycles. The molecule has 0 unspecified atom stereocenters. The Hall–Kier alpha value is -0.760. The lowest BCUT2D eigenvalue weighted by atomic mass is 10.3. The Morgan fingerprint density at radius 2 is 1.92 bits per heavy atom. The van der Waals surface area contributed by atoms with Crippen LogP contribution < -0.4 is 5.32 Å². The van der Waals surface area contributed by atoms with Crippen LogP contribution in [0.15, 0.2) is 24.3 Å². The molecule has 1 aromatic carbocycles. The van der Waals surface area contributed by atoms with Crippen LogP contribution in [-0.2, 0) is 0 Å². The normalized spacial score (nSPS) is 9.83. The number of nitrogens with one attached hydrogen (secondary N) is 1. The lowest BCUT2D eigenvalue weighted by molar-refractivity contribution is 0.481. The summed E-state index contributed by atoms with van der Waals surface area (Å²) in [5, 5.41) is 3.79. The zero-order valence-corrected chi connectivity index (χ0v) is 7.44. The van der Waals surface area contributed by atoms with Crippen LogP contribution in [0.5, 0.6) is 0 Å². The second kappa shape index (κ2) is 4.99. The first kappa shape index (κ1) is 9.33. The van der Waals surface area contributed by atoms with Gasteiger partial charge in [-0.1, -0.05) is 11.6 Å². The summed E-state index contributed by atoms with van der Waals surface area (Å²) < 4.78 is 11.7. The molecule has 0 aromatic heterocycles. The summed E-state index contributed by atoms with van der Waals surface area (Å²) >= 11 is 5.69. The smallest absolute Gasteiger partial charge is 0.0911 e. The largest absolute Gasteiger partial charge is 0.385 e. The van der Waals surface area contributed by atoms with Gasteiger partial charge in [0.2, 0.25) is 0 Å². The van der Waals surface area contributed by atoms with Gasteiger partial charge in [-0.25, -0.2) is 0 Å².